The molecule has 0 amide bonds. The van der Waals surface area contributed by atoms with E-state index in [1.165, 1.54) is 5.69 Å². The van der Waals surface area contributed by atoms with E-state index < -0.39 is 0 Å². The average molecular weight is 500 g/mol. The van der Waals surface area contributed by atoms with Gasteiger partial charge in [-0.3, -0.25) is 9.67 Å². The summed E-state index contributed by atoms with van der Waals surface area (Å²) in [6.45, 7) is 9.28. The maximum Gasteiger partial charge on any atom is 0.218 e. The van der Waals surface area contributed by atoms with Gasteiger partial charge in [-0.25, -0.2) is 4.98 Å². The van der Waals surface area contributed by atoms with Crippen molar-refractivity contribution < 1.29 is 4.74 Å². The molecular weight excluding hydrogens is 467 g/mol. The highest BCUT2D eigenvalue weighted by Crippen LogP contribution is 2.14. The van der Waals surface area contributed by atoms with Crippen molar-refractivity contribution in [1.82, 2.24) is 25.4 Å². The number of hydrogen-bond donors (Lipinski definition) is 2. The van der Waals surface area contributed by atoms with Crippen LogP contribution in [0, 0.1) is 13.8 Å². The molecule has 7 nitrogen and oxygen atoms in total. The molecule has 8 heteroatoms. The average Bonchev–Trinajstić information content (AvgIpc) is 2.99. The van der Waals surface area contributed by atoms with Gasteiger partial charge in [-0.2, -0.15) is 5.10 Å². The molecule has 0 aliphatic rings. The second-order valence-electron chi connectivity index (χ2n) is 6.53. The Morgan fingerprint density at radius 3 is 2.75 bits per heavy atom. The Morgan fingerprint density at radius 1 is 1.25 bits per heavy atom. The smallest absolute Gasteiger partial charge is 0.218 e. The molecule has 0 aromatic carbocycles. The zero-order chi connectivity index (χ0) is 19.5. The zero-order valence-electron chi connectivity index (χ0n) is 17.4. The van der Waals surface area contributed by atoms with Gasteiger partial charge in [0.2, 0.25) is 5.88 Å². The molecule has 0 fully saturated rings. The van der Waals surface area contributed by atoms with Gasteiger partial charge in [0, 0.05) is 44.1 Å². The normalized spacial score (nSPS) is 11.1. The van der Waals surface area contributed by atoms with E-state index in [1.54, 1.807) is 13.2 Å². The number of rotatable bonds is 10. The van der Waals surface area contributed by atoms with Crippen LogP contribution < -0.4 is 15.4 Å². The van der Waals surface area contributed by atoms with E-state index in [4.69, 9.17) is 4.74 Å². The molecule has 2 aromatic rings. The summed E-state index contributed by atoms with van der Waals surface area (Å²) in [4.78, 5) is 8.63. The largest absolute Gasteiger partial charge is 0.477 e. The van der Waals surface area contributed by atoms with Crippen LogP contribution in [0.4, 0.5) is 0 Å². The Kier molecular flexibility index (Phi) is 11.5. The number of nitrogens with zero attached hydrogens (tertiary/aromatic N) is 4. The van der Waals surface area contributed by atoms with Gasteiger partial charge < -0.3 is 15.4 Å². The number of hydrogen-bond acceptors (Lipinski definition) is 4. The van der Waals surface area contributed by atoms with E-state index in [9.17, 15) is 0 Å². The Labute approximate surface area is 185 Å². The van der Waals surface area contributed by atoms with Crippen molar-refractivity contribution in [1.29, 1.82) is 0 Å². The molecule has 2 heterocycles. The summed E-state index contributed by atoms with van der Waals surface area (Å²) < 4.78 is 7.83. The molecule has 2 aromatic heterocycles. The van der Waals surface area contributed by atoms with E-state index >= 15 is 0 Å². The first kappa shape index (κ1) is 24.2. The number of halogens is 1. The standard InChI is InChI=1S/C20H32N6O.HI/c1-5-6-13-27-19-18(9-7-10-22-19)15-24-20(21-4)23-11-8-12-26-17(3)14-16(2)25-26;/h7,9-10,14H,5-6,8,11-13,15H2,1-4H3,(H2,21,23,24);1H. The van der Waals surface area contributed by atoms with Crippen LogP contribution in [0.15, 0.2) is 29.4 Å². The van der Waals surface area contributed by atoms with Crippen molar-refractivity contribution in [2.45, 2.75) is 53.1 Å². The lowest BCUT2D eigenvalue weighted by Gasteiger charge is -2.14. The topological polar surface area (TPSA) is 76.4 Å². The van der Waals surface area contributed by atoms with Gasteiger partial charge >= 0.3 is 0 Å². The minimum absolute atomic E-state index is 0. The Bertz CT molecular complexity index is 731. The van der Waals surface area contributed by atoms with Crippen molar-refractivity contribution in [3.05, 3.63) is 41.3 Å². The highest BCUT2D eigenvalue weighted by molar-refractivity contribution is 14.0. The number of pyridine rings is 1. The first-order chi connectivity index (χ1) is 13.1. The molecule has 0 saturated heterocycles. The van der Waals surface area contributed by atoms with Crippen LogP contribution in [0.2, 0.25) is 0 Å². The second-order valence-corrected chi connectivity index (χ2v) is 6.53. The molecule has 0 radical (unpaired) electrons. The number of unbranched alkanes of at least 4 members (excludes halogenated alkanes) is 1. The Morgan fingerprint density at radius 2 is 2.07 bits per heavy atom. The van der Waals surface area contributed by atoms with E-state index in [-0.39, 0.29) is 24.0 Å². The number of nitrogens with one attached hydrogen (secondary N) is 2. The van der Waals surface area contributed by atoms with Crippen LogP contribution in [-0.4, -0.2) is 40.9 Å². The summed E-state index contributed by atoms with van der Waals surface area (Å²) in [6.07, 6.45) is 4.87. The summed E-state index contributed by atoms with van der Waals surface area (Å²) in [6, 6.07) is 6.05. The monoisotopic (exact) mass is 500 g/mol. The third-order valence-corrected chi connectivity index (χ3v) is 4.20. The van der Waals surface area contributed by atoms with Crippen LogP contribution in [-0.2, 0) is 13.1 Å². The third kappa shape index (κ3) is 8.04. The first-order valence-electron chi connectivity index (χ1n) is 9.66. The van der Waals surface area contributed by atoms with Crippen molar-refractivity contribution in [3.63, 3.8) is 0 Å². The van der Waals surface area contributed by atoms with Gasteiger partial charge in [-0.1, -0.05) is 19.4 Å². The quantitative estimate of drug-likeness (QED) is 0.226. The molecule has 0 aliphatic carbocycles. The molecule has 2 rings (SSSR count). The van der Waals surface area contributed by atoms with Crippen molar-refractivity contribution in [2.75, 3.05) is 20.2 Å². The summed E-state index contributed by atoms with van der Waals surface area (Å²) in [5.74, 6) is 1.46. The van der Waals surface area contributed by atoms with Gasteiger partial charge in [-0.05, 0) is 38.8 Å². The first-order valence-corrected chi connectivity index (χ1v) is 9.66. The van der Waals surface area contributed by atoms with Gasteiger partial charge in [0.1, 0.15) is 0 Å². The zero-order valence-corrected chi connectivity index (χ0v) is 19.7. The number of aromatic nitrogens is 3. The Hall–Kier alpha value is -1.84. The minimum Gasteiger partial charge on any atom is -0.477 e. The predicted octanol–water partition coefficient (Wildman–Crippen LogP) is 3.45. The van der Waals surface area contributed by atoms with Gasteiger partial charge in [0.25, 0.3) is 0 Å². The van der Waals surface area contributed by atoms with Crippen molar-refractivity contribution in [2.24, 2.45) is 4.99 Å². The molecule has 0 bridgehead atoms. The minimum atomic E-state index is 0. The molecular formula is C20H33IN6O. The molecule has 2 N–H and O–H groups in total. The fourth-order valence-electron chi connectivity index (χ4n) is 2.74. The van der Waals surface area contributed by atoms with E-state index in [0.717, 1.165) is 49.6 Å². The lowest BCUT2D eigenvalue weighted by atomic mass is 10.2. The maximum atomic E-state index is 5.78. The maximum absolute atomic E-state index is 5.78. The Balaban J connectivity index is 0.00000392. The van der Waals surface area contributed by atoms with Gasteiger partial charge in [0.05, 0.1) is 12.3 Å². The fourth-order valence-corrected chi connectivity index (χ4v) is 2.74. The lowest BCUT2D eigenvalue weighted by molar-refractivity contribution is 0.294. The molecule has 0 unspecified atom stereocenters. The molecule has 0 spiro atoms. The number of ether oxygens (including phenoxy) is 1. The number of guanidine groups is 1. The highest BCUT2D eigenvalue weighted by Gasteiger charge is 2.06. The summed E-state index contributed by atoms with van der Waals surface area (Å²) >= 11 is 0. The molecule has 0 saturated carbocycles. The summed E-state index contributed by atoms with van der Waals surface area (Å²) in [7, 11) is 1.78. The van der Waals surface area contributed by atoms with Crippen LogP contribution in [0.1, 0.15) is 43.1 Å². The van der Waals surface area contributed by atoms with Crippen molar-refractivity contribution >= 4 is 29.9 Å². The van der Waals surface area contributed by atoms with Crippen LogP contribution in [0.25, 0.3) is 0 Å². The second kappa shape index (κ2) is 13.4. The van der Waals surface area contributed by atoms with Crippen molar-refractivity contribution in [3.8, 4) is 5.88 Å². The van der Waals surface area contributed by atoms with E-state index in [2.05, 4.69) is 45.6 Å². The van der Waals surface area contributed by atoms with Crippen LogP contribution in [0.3, 0.4) is 0 Å². The van der Waals surface area contributed by atoms with Gasteiger partial charge in [-0.15, -0.1) is 24.0 Å². The molecule has 156 valence electrons. The fraction of sp³-hybridized carbons (Fsp3) is 0.550. The van der Waals surface area contributed by atoms with Gasteiger partial charge in [0.15, 0.2) is 5.96 Å². The third-order valence-electron chi connectivity index (χ3n) is 4.20. The molecule has 0 aliphatic heterocycles. The SMILES string of the molecule is CCCCOc1ncccc1CNC(=NC)NCCCn1nc(C)cc1C.I. The highest BCUT2D eigenvalue weighted by atomic mass is 127. The molecule has 28 heavy (non-hydrogen) atoms. The number of aryl methyl sites for hydroxylation is 3. The molecule has 0 atom stereocenters. The predicted molar refractivity (Wildman–Crippen MR) is 125 cm³/mol. The lowest BCUT2D eigenvalue weighted by Crippen LogP contribution is -2.37. The van der Waals surface area contributed by atoms with Crippen LogP contribution in [0.5, 0.6) is 5.88 Å². The summed E-state index contributed by atoms with van der Waals surface area (Å²) in [5.41, 5.74) is 3.28. The van der Waals surface area contributed by atoms with E-state index in [1.807, 2.05) is 23.7 Å². The summed E-state index contributed by atoms with van der Waals surface area (Å²) in [5, 5.41) is 11.2. The van der Waals surface area contributed by atoms with E-state index in [0.29, 0.717) is 19.0 Å². The number of aliphatic imine (C=N–C) groups is 1. The van der Waals surface area contributed by atoms with Crippen LogP contribution >= 0.6 is 24.0 Å².